The standard InChI is InChI=1S/C32H34N4O7/c1-42-23-15-8-14-22(27(23)43-19-21-12-6-3-7-13-21)26-24-25(32(35-26,30(39)40)16-9-17-34-31(33)41)29(38)36(28(24)37)18-20-10-4-2-5-11-20/h2-8,10-15,24-26,35H,9,16-19H2,1H3,(H,39,40)(H3,33,34,41). The van der Waals surface area contributed by atoms with E-state index in [1.165, 1.54) is 7.11 Å². The van der Waals surface area contributed by atoms with E-state index in [-0.39, 0.29) is 32.5 Å². The van der Waals surface area contributed by atoms with Crippen molar-refractivity contribution in [3.05, 3.63) is 95.6 Å². The van der Waals surface area contributed by atoms with Crippen LogP contribution in [-0.4, -0.2) is 53.0 Å². The first kappa shape index (κ1) is 29.6. The molecule has 0 aromatic heterocycles. The zero-order valence-corrected chi connectivity index (χ0v) is 23.7. The highest BCUT2D eigenvalue weighted by Crippen LogP contribution is 2.53. The first-order valence-electron chi connectivity index (χ1n) is 14.0. The van der Waals surface area contributed by atoms with E-state index >= 15 is 0 Å². The molecule has 43 heavy (non-hydrogen) atoms. The number of imide groups is 1. The van der Waals surface area contributed by atoms with Crippen LogP contribution in [0, 0.1) is 11.8 Å². The summed E-state index contributed by atoms with van der Waals surface area (Å²) >= 11 is 0. The molecule has 4 unspecified atom stereocenters. The predicted molar refractivity (Wildman–Crippen MR) is 156 cm³/mol. The van der Waals surface area contributed by atoms with Gasteiger partial charge in [0.05, 0.1) is 25.5 Å². The number of likely N-dealkylation sites (tertiary alicyclic amines) is 1. The van der Waals surface area contributed by atoms with Crippen LogP contribution in [0.5, 0.6) is 11.5 Å². The molecule has 11 heteroatoms. The summed E-state index contributed by atoms with van der Waals surface area (Å²) in [6.07, 6.45) is 0.163. The predicted octanol–water partition coefficient (Wildman–Crippen LogP) is 2.99. The van der Waals surface area contributed by atoms with E-state index < -0.39 is 47.2 Å². The van der Waals surface area contributed by atoms with Gasteiger partial charge < -0.3 is 25.6 Å². The van der Waals surface area contributed by atoms with Gasteiger partial charge in [0.2, 0.25) is 11.8 Å². The number of methoxy groups -OCH3 is 1. The van der Waals surface area contributed by atoms with Gasteiger partial charge in [-0.15, -0.1) is 0 Å². The smallest absolute Gasteiger partial charge is 0.324 e. The number of aliphatic carboxylic acids is 1. The second kappa shape index (κ2) is 12.5. The van der Waals surface area contributed by atoms with Crippen LogP contribution in [0.4, 0.5) is 4.79 Å². The maximum Gasteiger partial charge on any atom is 0.324 e. The highest BCUT2D eigenvalue weighted by Gasteiger charge is 2.68. The van der Waals surface area contributed by atoms with Crippen molar-refractivity contribution < 1.29 is 33.8 Å². The summed E-state index contributed by atoms with van der Waals surface area (Å²) in [5.41, 5.74) is 5.55. The van der Waals surface area contributed by atoms with Crippen LogP contribution in [0.25, 0.3) is 0 Å². The maximum atomic E-state index is 14.1. The fourth-order valence-corrected chi connectivity index (χ4v) is 6.19. The fraction of sp³-hybridized carbons (Fsp3) is 0.312. The van der Waals surface area contributed by atoms with Crippen LogP contribution in [0.15, 0.2) is 78.9 Å². The first-order chi connectivity index (χ1) is 20.8. The van der Waals surface area contributed by atoms with Gasteiger partial charge in [-0.2, -0.15) is 0 Å². The molecule has 11 nitrogen and oxygen atoms in total. The normalized spacial score (nSPS) is 22.7. The van der Waals surface area contributed by atoms with Gasteiger partial charge in [0.1, 0.15) is 12.1 Å². The SMILES string of the molecule is COc1cccc(C2NC(CCCNC(N)=O)(C(=O)O)C3C(=O)N(Cc4ccccc4)C(=O)C23)c1OCc1ccccc1. The van der Waals surface area contributed by atoms with Crippen LogP contribution in [0.1, 0.15) is 35.6 Å². The molecule has 5 N–H and O–H groups in total. The van der Waals surface area contributed by atoms with E-state index in [2.05, 4.69) is 10.6 Å². The Balaban J connectivity index is 1.56. The van der Waals surface area contributed by atoms with E-state index in [4.69, 9.17) is 15.2 Å². The lowest BCUT2D eigenvalue weighted by Gasteiger charge is -2.31. The summed E-state index contributed by atoms with van der Waals surface area (Å²) in [7, 11) is 1.50. The molecule has 2 aliphatic rings. The number of hydrogen-bond donors (Lipinski definition) is 4. The number of fused-ring (bicyclic) bond motifs is 1. The average molecular weight is 587 g/mol. The Morgan fingerprint density at radius 3 is 2.28 bits per heavy atom. The molecule has 2 aliphatic heterocycles. The first-order valence-corrected chi connectivity index (χ1v) is 14.0. The van der Waals surface area contributed by atoms with Crippen molar-refractivity contribution in [1.82, 2.24) is 15.5 Å². The lowest BCUT2D eigenvalue weighted by atomic mass is 9.77. The Morgan fingerprint density at radius 2 is 1.65 bits per heavy atom. The average Bonchev–Trinajstić information content (AvgIpc) is 3.48. The van der Waals surface area contributed by atoms with E-state index in [1.807, 2.05) is 60.7 Å². The molecule has 224 valence electrons. The van der Waals surface area contributed by atoms with Crippen molar-refractivity contribution in [1.29, 1.82) is 0 Å². The third kappa shape index (κ3) is 5.76. The number of carbonyl (C=O) groups is 4. The van der Waals surface area contributed by atoms with Crippen LogP contribution >= 0.6 is 0 Å². The molecule has 2 saturated heterocycles. The molecular weight excluding hydrogens is 552 g/mol. The van der Waals surface area contributed by atoms with Crippen molar-refractivity contribution in [3.8, 4) is 11.5 Å². The van der Waals surface area contributed by atoms with Gasteiger partial charge in [0, 0.05) is 18.2 Å². The van der Waals surface area contributed by atoms with Crippen LogP contribution in [0.2, 0.25) is 0 Å². The molecule has 4 atom stereocenters. The molecule has 0 bridgehead atoms. The molecule has 5 rings (SSSR count). The number of carboxylic acids is 1. The number of primary amides is 1. The molecular formula is C32H34N4O7. The fourth-order valence-electron chi connectivity index (χ4n) is 6.19. The quantitative estimate of drug-likeness (QED) is 0.186. The van der Waals surface area contributed by atoms with Gasteiger partial charge in [0.15, 0.2) is 11.5 Å². The number of carboxylic acid groups (broad SMARTS) is 1. The van der Waals surface area contributed by atoms with Crippen molar-refractivity contribution >= 4 is 23.8 Å². The number of nitrogens with one attached hydrogen (secondary N) is 2. The number of hydrogen-bond acceptors (Lipinski definition) is 7. The van der Waals surface area contributed by atoms with Crippen LogP contribution < -0.4 is 25.8 Å². The van der Waals surface area contributed by atoms with E-state index in [0.717, 1.165) is 16.0 Å². The summed E-state index contributed by atoms with van der Waals surface area (Å²) in [6, 6.07) is 22.2. The third-order valence-corrected chi connectivity index (χ3v) is 8.15. The zero-order chi connectivity index (χ0) is 30.6. The van der Waals surface area contributed by atoms with Gasteiger partial charge >= 0.3 is 12.0 Å². The highest BCUT2D eigenvalue weighted by atomic mass is 16.5. The van der Waals surface area contributed by atoms with Crippen molar-refractivity contribution in [2.75, 3.05) is 13.7 Å². The summed E-state index contributed by atoms with van der Waals surface area (Å²) in [4.78, 5) is 53.6. The minimum Gasteiger partial charge on any atom is -0.493 e. The molecule has 3 aromatic carbocycles. The summed E-state index contributed by atoms with van der Waals surface area (Å²) in [6.45, 7) is 0.325. The lowest BCUT2D eigenvalue weighted by molar-refractivity contribution is -0.152. The van der Waals surface area contributed by atoms with E-state index in [1.54, 1.807) is 18.2 Å². The van der Waals surface area contributed by atoms with E-state index in [0.29, 0.717) is 17.1 Å². The van der Waals surface area contributed by atoms with Gasteiger partial charge in [-0.1, -0.05) is 72.8 Å². The number of urea groups is 1. The number of para-hydroxylation sites is 1. The number of benzene rings is 3. The third-order valence-electron chi connectivity index (χ3n) is 8.15. The topological polar surface area (TPSA) is 160 Å². The van der Waals surface area contributed by atoms with Crippen LogP contribution in [0.3, 0.4) is 0 Å². The minimum absolute atomic E-state index is 0.0205. The molecule has 3 aromatic rings. The largest absolute Gasteiger partial charge is 0.493 e. The second-order valence-corrected chi connectivity index (χ2v) is 10.7. The Labute approximate surface area is 249 Å². The Bertz CT molecular complexity index is 1500. The Kier molecular flexibility index (Phi) is 8.63. The van der Waals surface area contributed by atoms with Crippen molar-refractivity contribution in [2.45, 2.75) is 37.6 Å². The molecule has 2 heterocycles. The summed E-state index contributed by atoms with van der Waals surface area (Å²) in [5.74, 6) is -3.76. The lowest BCUT2D eigenvalue weighted by Crippen LogP contribution is -2.56. The highest BCUT2D eigenvalue weighted by molar-refractivity contribution is 6.09. The van der Waals surface area contributed by atoms with Crippen molar-refractivity contribution in [2.24, 2.45) is 17.6 Å². The minimum atomic E-state index is -1.80. The monoisotopic (exact) mass is 586 g/mol. The number of carbonyl (C=O) groups excluding carboxylic acids is 3. The van der Waals surface area contributed by atoms with Crippen LogP contribution in [-0.2, 0) is 27.5 Å². The van der Waals surface area contributed by atoms with Gasteiger partial charge in [-0.05, 0) is 30.0 Å². The zero-order valence-electron chi connectivity index (χ0n) is 23.7. The maximum absolute atomic E-state index is 14.1. The van der Waals surface area contributed by atoms with E-state index in [9.17, 15) is 24.3 Å². The Hall–Kier alpha value is -4.90. The summed E-state index contributed by atoms with van der Waals surface area (Å²) in [5, 5.41) is 16.3. The number of nitrogens with two attached hydrogens (primary N) is 1. The second-order valence-electron chi connectivity index (χ2n) is 10.7. The molecule has 0 saturated carbocycles. The van der Waals surface area contributed by atoms with Gasteiger partial charge in [0.25, 0.3) is 0 Å². The number of nitrogens with zero attached hydrogens (tertiary/aromatic N) is 1. The Morgan fingerprint density at radius 1 is 0.977 bits per heavy atom. The van der Waals surface area contributed by atoms with Gasteiger partial charge in [-0.25, -0.2) is 4.79 Å². The molecule has 2 fully saturated rings. The van der Waals surface area contributed by atoms with Gasteiger partial charge in [-0.3, -0.25) is 24.6 Å². The molecule has 0 spiro atoms. The molecule has 0 aliphatic carbocycles. The summed E-state index contributed by atoms with van der Waals surface area (Å²) < 4.78 is 11.9. The molecule has 0 radical (unpaired) electrons. The molecule has 4 amide bonds. The van der Waals surface area contributed by atoms with Crippen molar-refractivity contribution in [3.63, 3.8) is 0 Å². The number of ether oxygens (including phenoxy) is 2. The number of amides is 4. The number of rotatable bonds is 12.